The fourth-order valence-corrected chi connectivity index (χ4v) is 2.80. The van der Waals surface area contributed by atoms with Crippen molar-refractivity contribution in [2.24, 2.45) is 5.92 Å². The summed E-state index contributed by atoms with van der Waals surface area (Å²) in [5.41, 5.74) is 4.39. The van der Waals surface area contributed by atoms with E-state index in [1.807, 2.05) is 0 Å². The number of alkyl halides is 3. The molecular weight excluding hydrogens is 357 g/mol. The van der Waals surface area contributed by atoms with Gasteiger partial charge in [-0.1, -0.05) is 23.7 Å². The van der Waals surface area contributed by atoms with Crippen LogP contribution in [0.25, 0.3) is 0 Å². The van der Waals surface area contributed by atoms with Crippen molar-refractivity contribution in [3.63, 3.8) is 0 Å². The second-order valence-corrected chi connectivity index (χ2v) is 6.06. The van der Waals surface area contributed by atoms with Gasteiger partial charge in [-0.05, 0) is 42.3 Å². The van der Waals surface area contributed by atoms with E-state index in [-0.39, 0.29) is 12.3 Å². The number of nitrogens with one attached hydrogen (secondary N) is 2. The second kappa shape index (κ2) is 6.84. The van der Waals surface area contributed by atoms with Gasteiger partial charge in [0, 0.05) is 5.02 Å². The van der Waals surface area contributed by atoms with Gasteiger partial charge in [0.15, 0.2) is 0 Å². The van der Waals surface area contributed by atoms with E-state index in [9.17, 15) is 18.0 Å². The Morgan fingerprint density at radius 2 is 1.96 bits per heavy atom. The van der Waals surface area contributed by atoms with Gasteiger partial charge in [0.1, 0.15) is 12.4 Å². The number of anilines is 1. The van der Waals surface area contributed by atoms with E-state index in [0.717, 1.165) is 11.6 Å². The molecule has 1 atom stereocenters. The molecule has 4 nitrogen and oxygen atoms in total. The Morgan fingerprint density at radius 1 is 1.20 bits per heavy atom. The van der Waals surface area contributed by atoms with Gasteiger partial charge >= 0.3 is 6.18 Å². The van der Waals surface area contributed by atoms with E-state index in [1.54, 1.807) is 18.2 Å². The fraction of sp³-hybridized carbons (Fsp3) is 0.235. The highest BCUT2D eigenvalue weighted by Gasteiger charge is 2.33. The van der Waals surface area contributed by atoms with Gasteiger partial charge in [-0.25, -0.2) is 0 Å². The summed E-state index contributed by atoms with van der Waals surface area (Å²) >= 11 is 5.93. The van der Waals surface area contributed by atoms with E-state index in [4.69, 9.17) is 16.3 Å². The van der Waals surface area contributed by atoms with Crippen molar-refractivity contribution in [3.05, 3.63) is 58.6 Å². The van der Waals surface area contributed by atoms with Crippen LogP contribution in [0.2, 0.25) is 5.02 Å². The number of rotatable bonds is 3. The molecule has 132 valence electrons. The van der Waals surface area contributed by atoms with Crippen LogP contribution >= 0.6 is 11.6 Å². The zero-order chi connectivity index (χ0) is 18.0. The quantitative estimate of drug-likeness (QED) is 0.801. The van der Waals surface area contributed by atoms with Crippen LogP contribution < -0.4 is 15.6 Å². The summed E-state index contributed by atoms with van der Waals surface area (Å²) in [6, 6.07) is 10.0. The molecule has 1 unspecified atom stereocenters. The molecule has 1 aliphatic heterocycles. The summed E-state index contributed by atoms with van der Waals surface area (Å²) in [6.45, 7) is 0.142. The predicted molar refractivity (Wildman–Crippen MR) is 87.4 cm³/mol. The maximum absolute atomic E-state index is 12.9. The fourth-order valence-electron chi connectivity index (χ4n) is 2.60. The molecule has 1 heterocycles. The van der Waals surface area contributed by atoms with E-state index in [0.29, 0.717) is 17.2 Å². The summed E-state index contributed by atoms with van der Waals surface area (Å²) in [5, 5.41) is 0.528. The number of hydrogen-bond acceptors (Lipinski definition) is 3. The molecular formula is C17H14ClF3N2O2. The number of amides is 1. The Kier molecular flexibility index (Phi) is 4.76. The number of benzene rings is 2. The highest BCUT2D eigenvalue weighted by molar-refractivity contribution is 6.30. The summed E-state index contributed by atoms with van der Waals surface area (Å²) in [5.74, 6) is -0.331. The van der Waals surface area contributed by atoms with E-state index in [1.165, 1.54) is 18.2 Å². The average molecular weight is 371 g/mol. The third kappa shape index (κ3) is 3.99. The number of halogens is 4. The highest BCUT2D eigenvalue weighted by atomic mass is 35.5. The molecule has 0 radical (unpaired) electrons. The van der Waals surface area contributed by atoms with Gasteiger partial charge in [-0.3, -0.25) is 15.6 Å². The van der Waals surface area contributed by atoms with Gasteiger partial charge < -0.3 is 4.74 Å². The summed E-state index contributed by atoms with van der Waals surface area (Å²) in [4.78, 5) is 12.3. The van der Waals surface area contributed by atoms with E-state index >= 15 is 0 Å². The van der Waals surface area contributed by atoms with Crippen molar-refractivity contribution in [2.75, 3.05) is 12.0 Å². The number of fused-ring (bicyclic) bond motifs is 1. The van der Waals surface area contributed by atoms with Crippen LogP contribution in [0, 0.1) is 5.92 Å². The first-order chi connectivity index (χ1) is 11.8. The number of hydrazine groups is 1. The van der Waals surface area contributed by atoms with Crippen LogP contribution in [0.1, 0.15) is 11.1 Å². The lowest BCUT2D eigenvalue weighted by molar-refractivity contribution is -0.137. The summed E-state index contributed by atoms with van der Waals surface area (Å²) < 4.78 is 44.4. The van der Waals surface area contributed by atoms with Crippen LogP contribution in [0.5, 0.6) is 5.75 Å². The second-order valence-electron chi connectivity index (χ2n) is 5.62. The van der Waals surface area contributed by atoms with Crippen LogP contribution in [0.4, 0.5) is 18.9 Å². The van der Waals surface area contributed by atoms with Gasteiger partial charge in [0.05, 0.1) is 17.2 Å². The third-order valence-electron chi connectivity index (χ3n) is 3.85. The number of ether oxygens (including phenoxy) is 1. The molecule has 1 aliphatic rings. The standard InChI is InChI=1S/C17H14ClF3N2O2/c18-12-5-6-15-10(8-12)7-11(9-25-15)16(24)23-22-14-4-2-1-3-13(14)17(19,20)21/h1-6,8,11,22H,7,9H2,(H,23,24). The molecule has 0 bridgehead atoms. The van der Waals surface area contributed by atoms with Crippen LogP contribution in [-0.2, 0) is 17.4 Å². The van der Waals surface area contributed by atoms with Crippen molar-refractivity contribution in [3.8, 4) is 5.75 Å². The first-order valence-corrected chi connectivity index (χ1v) is 7.85. The van der Waals surface area contributed by atoms with Gasteiger partial charge in [-0.2, -0.15) is 13.2 Å². The van der Waals surface area contributed by atoms with Gasteiger partial charge in [0.25, 0.3) is 0 Å². The number of carbonyl (C=O) groups is 1. The van der Waals surface area contributed by atoms with Crippen molar-refractivity contribution >= 4 is 23.2 Å². The Balaban J connectivity index is 1.66. The number of para-hydroxylation sites is 1. The first kappa shape index (κ1) is 17.4. The molecule has 3 rings (SSSR count). The molecule has 0 aromatic heterocycles. The Morgan fingerprint density at radius 3 is 2.72 bits per heavy atom. The molecule has 0 spiro atoms. The lowest BCUT2D eigenvalue weighted by Crippen LogP contribution is -2.40. The number of hydrogen-bond donors (Lipinski definition) is 2. The zero-order valence-electron chi connectivity index (χ0n) is 12.9. The monoisotopic (exact) mass is 370 g/mol. The zero-order valence-corrected chi connectivity index (χ0v) is 13.6. The topological polar surface area (TPSA) is 50.4 Å². The average Bonchev–Trinajstić information content (AvgIpc) is 2.58. The molecule has 2 N–H and O–H groups in total. The summed E-state index contributed by atoms with van der Waals surface area (Å²) in [6.07, 6.45) is -4.12. The SMILES string of the molecule is O=C(NNc1ccccc1C(F)(F)F)C1COc2ccc(Cl)cc2C1. The smallest absolute Gasteiger partial charge is 0.418 e. The largest absolute Gasteiger partial charge is 0.492 e. The van der Waals surface area contributed by atoms with E-state index < -0.39 is 23.6 Å². The third-order valence-corrected chi connectivity index (χ3v) is 4.09. The lowest BCUT2D eigenvalue weighted by atomic mass is 9.96. The van der Waals surface area contributed by atoms with Crippen molar-refractivity contribution < 1.29 is 22.7 Å². The molecule has 2 aromatic rings. The van der Waals surface area contributed by atoms with Crippen LogP contribution in [-0.4, -0.2) is 12.5 Å². The van der Waals surface area contributed by atoms with Crippen LogP contribution in [0.15, 0.2) is 42.5 Å². The summed E-state index contributed by atoms with van der Waals surface area (Å²) in [7, 11) is 0. The maximum atomic E-state index is 12.9. The molecule has 25 heavy (non-hydrogen) atoms. The minimum absolute atomic E-state index is 0.142. The Bertz CT molecular complexity index is 796. The van der Waals surface area contributed by atoms with Crippen molar-refractivity contribution in [1.82, 2.24) is 5.43 Å². The Hall–Kier alpha value is -2.41. The molecule has 0 saturated heterocycles. The molecule has 0 aliphatic carbocycles. The number of carbonyl (C=O) groups excluding carboxylic acids is 1. The minimum atomic E-state index is -4.52. The van der Waals surface area contributed by atoms with E-state index in [2.05, 4.69) is 10.9 Å². The van der Waals surface area contributed by atoms with Crippen molar-refractivity contribution in [1.29, 1.82) is 0 Å². The minimum Gasteiger partial charge on any atom is -0.492 e. The Labute approximate surface area is 146 Å². The van der Waals surface area contributed by atoms with Crippen molar-refractivity contribution in [2.45, 2.75) is 12.6 Å². The molecule has 0 saturated carbocycles. The van der Waals surface area contributed by atoms with Gasteiger partial charge in [0.2, 0.25) is 5.91 Å². The molecule has 0 fully saturated rings. The predicted octanol–water partition coefficient (Wildman–Crippen LogP) is 4.05. The highest BCUT2D eigenvalue weighted by Crippen LogP contribution is 2.34. The lowest BCUT2D eigenvalue weighted by Gasteiger charge is -2.25. The molecule has 2 aromatic carbocycles. The normalized spacial score (nSPS) is 16.6. The molecule has 8 heteroatoms. The molecule has 1 amide bonds. The van der Waals surface area contributed by atoms with Crippen LogP contribution in [0.3, 0.4) is 0 Å². The first-order valence-electron chi connectivity index (χ1n) is 7.48. The maximum Gasteiger partial charge on any atom is 0.418 e. The van der Waals surface area contributed by atoms with Gasteiger partial charge in [-0.15, -0.1) is 0 Å².